The van der Waals surface area contributed by atoms with Gasteiger partial charge in [-0.05, 0) is 44.5 Å². The van der Waals surface area contributed by atoms with E-state index in [-0.39, 0.29) is 0 Å². The van der Waals surface area contributed by atoms with Crippen LogP contribution < -0.4 is 4.74 Å². The zero-order valence-electron chi connectivity index (χ0n) is 8.92. The number of rotatable bonds is 2. The molecule has 0 atom stereocenters. The van der Waals surface area contributed by atoms with Crippen LogP contribution in [0.15, 0.2) is 12.3 Å². The Morgan fingerprint density at radius 1 is 1.43 bits per heavy atom. The first-order valence-corrected chi connectivity index (χ1v) is 5.20. The van der Waals surface area contributed by atoms with Crippen molar-refractivity contribution in [1.29, 1.82) is 0 Å². The molecule has 0 saturated carbocycles. The van der Waals surface area contributed by atoms with Crippen LogP contribution in [0.5, 0.6) is 5.88 Å². The lowest BCUT2D eigenvalue weighted by Gasteiger charge is -2.28. The summed E-state index contributed by atoms with van der Waals surface area (Å²) in [7, 11) is 3.89. The summed E-state index contributed by atoms with van der Waals surface area (Å²) in [5.74, 6) is 1.59. The lowest BCUT2D eigenvalue weighted by Crippen LogP contribution is -2.29. The number of aromatic amines is 1. The fourth-order valence-electron chi connectivity index (χ4n) is 2.08. The smallest absolute Gasteiger partial charge is 0.190 e. The van der Waals surface area contributed by atoms with Gasteiger partial charge in [0.25, 0.3) is 0 Å². The number of piperidine rings is 1. The third-order valence-corrected chi connectivity index (χ3v) is 3.09. The van der Waals surface area contributed by atoms with Gasteiger partial charge in [-0.3, -0.25) is 0 Å². The van der Waals surface area contributed by atoms with Gasteiger partial charge in [-0.1, -0.05) is 0 Å². The molecule has 0 aliphatic carbocycles. The number of ether oxygens (including phenoxy) is 1. The van der Waals surface area contributed by atoms with Crippen molar-refractivity contribution in [2.75, 3.05) is 27.2 Å². The summed E-state index contributed by atoms with van der Waals surface area (Å²) in [4.78, 5) is 5.52. The van der Waals surface area contributed by atoms with Crippen LogP contribution in [0.2, 0.25) is 0 Å². The van der Waals surface area contributed by atoms with Crippen molar-refractivity contribution >= 4 is 0 Å². The van der Waals surface area contributed by atoms with Gasteiger partial charge >= 0.3 is 0 Å². The Bertz CT molecular complexity index is 287. The number of nitrogens with zero attached hydrogens (tertiary/aromatic N) is 1. The summed E-state index contributed by atoms with van der Waals surface area (Å²) in [6.07, 6.45) is 4.60. The van der Waals surface area contributed by atoms with Crippen molar-refractivity contribution in [2.45, 2.75) is 18.8 Å². The third kappa shape index (κ3) is 1.93. The van der Waals surface area contributed by atoms with E-state index in [1.165, 1.54) is 31.5 Å². The Kier molecular flexibility index (Phi) is 2.77. The maximum absolute atomic E-state index is 5.14. The first-order chi connectivity index (χ1) is 6.79. The van der Waals surface area contributed by atoms with Crippen LogP contribution in [0, 0.1) is 0 Å². The standard InChI is InChI=1S/C11H18N2O/c1-13-5-3-9(4-6-13)10-7-11(14-2)12-8-10/h7-9,12H,3-6H2,1-2H3. The second kappa shape index (κ2) is 4.05. The summed E-state index contributed by atoms with van der Waals surface area (Å²) in [5, 5.41) is 0. The summed E-state index contributed by atoms with van der Waals surface area (Å²) in [5.41, 5.74) is 1.40. The number of likely N-dealkylation sites (tertiary alicyclic amines) is 1. The minimum Gasteiger partial charge on any atom is -0.482 e. The molecule has 78 valence electrons. The van der Waals surface area contributed by atoms with Gasteiger partial charge in [-0.2, -0.15) is 0 Å². The minimum atomic E-state index is 0.714. The second-order valence-electron chi connectivity index (χ2n) is 4.08. The van der Waals surface area contributed by atoms with Crippen molar-refractivity contribution in [3.05, 3.63) is 17.8 Å². The SMILES string of the molecule is COc1cc(C2CCN(C)CC2)c[nH]1. The Morgan fingerprint density at radius 3 is 2.71 bits per heavy atom. The molecule has 2 rings (SSSR count). The van der Waals surface area contributed by atoms with Gasteiger partial charge in [0, 0.05) is 12.3 Å². The lowest BCUT2D eigenvalue weighted by molar-refractivity contribution is 0.255. The molecule has 0 radical (unpaired) electrons. The van der Waals surface area contributed by atoms with Gasteiger partial charge in [0.1, 0.15) is 0 Å². The molecular formula is C11H18N2O. The number of hydrogen-bond donors (Lipinski definition) is 1. The predicted molar refractivity (Wildman–Crippen MR) is 56.8 cm³/mol. The van der Waals surface area contributed by atoms with E-state index in [2.05, 4.69) is 29.2 Å². The highest BCUT2D eigenvalue weighted by atomic mass is 16.5. The zero-order valence-corrected chi connectivity index (χ0v) is 8.92. The maximum atomic E-state index is 5.14. The normalized spacial score (nSPS) is 19.9. The molecule has 3 heteroatoms. The van der Waals surface area contributed by atoms with E-state index in [0.29, 0.717) is 5.92 Å². The van der Waals surface area contributed by atoms with E-state index in [1.54, 1.807) is 7.11 Å². The van der Waals surface area contributed by atoms with Crippen molar-refractivity contribution in [3.8, 4) is 5.88 Å². The molecule has 1 aromatic rings. The van der Waals surface area contributed by atoms with Crippen LogP contribution in [-0.4, -0.2) is 37.1 Å². The average Bonchev–Trinajstić information content (AvgIpc) is 2.67. The van der Waals surface area contributed by atoms with Crippen molar-refractivity contribution in [3.63, 3.8) is 0 Å². The molecule has 1 aliphatic heterocycles. The molecule has 0 unspecified atom stereocenters. The number of aromatic nitrogens is 1. The van der Waals surface area contributed by atoms with Gasteiger partial charge in [0.05, 0.1) is 7.11 Å². The Hall–Kier alpha value is -0.960. The summed E-state index contributed by atoms with van der Waals surface area (Å²) in [6.45, 7) is 2.41. The average molecular weight is 194 g/mol. The highest BCUT2D eigenvalue weighted by Crippen LogP contribution is 2.29. The van der Waals surface area contributed by atoms with Crippen molar-refractivity contribution in [2.24, 2.45) is 0 Å². The van der Waals surface area contributed by atoms with Crippen LogP contribution in [0.3, 0.4) is 0 Å². The first kappa shape index (κ1) is 9.59. The van der Waals surface area contributed by atoms with E-state index >= 15 is 0 Å². The predicted octanol–water partition coefficient (Wildman–Crippen LogP) is 1.83. The molecule has 1 aliphatic rings. The monoisotopic (exact) mass is 194 g/mol. The molecular weight excluding hydrogens is 176 g/mol. The summed E-state index contributed by atoms with van der Waals surface area (Å²) < 4.78 is 5.14. The van der Waals surface area contributed by atoms with E-state index in [1.807, 2.05) is 0 Å². The van der Waals surface area contributed by atoms with E-state index in [4.69, 9.17) is 4.74 Å². The first-order valence-electron chi connectivity index (χ1n) is 5.20. The van der Waals surface area contributed by atoms with E-state index in [0.717, 1.165) is 5.88 Å². The van der Waals surface area contributed by atoms with Crippen LogP contribution in [0.1, 0.15) is 24.3 Å². The largest absolute Gasteiger partial charge is 0.482 e. The van der Waals surface area contributed by atoms with Crippen LogP contribution in [0.25, 0.3) is 0 Å². The molecule has 0 bridgehead atoms. The quantitative estimate of drug-likeness (QED) is 0.778. The molecule has 0 aromatic carbocycles. The second-order valence-corrected chi connectivity index (χ2v) is 4.08. The zero-order chi connectivity index (χ0) is 9.97. The summed E-state index contributed by atoms with van der Waals surface area (Å²) >= 11 is 0. The number of methoxy groups -OCH3 is 1. The minimum absolute atomic E-state index is 0.714. The fourth-order valence-corrected chi connectivity index (χ4v) is 2.08. The van der Waals surface area contributed by atoms with Crippen LogP contribution >= 0.6 is 0 Å². The topological polar surface area (TPSA) is 28.3 Å². The maximum Gasteiger partial charge on any atom is 0.190 e. The number of H-pyrrole nitrogens is 1. The summed E-state index contributed by atoms with van der Waals surface area (Å²) in [6, 6.07) is 2.12. The Morgan fingerprint density at radius 2 is 2.14 bits per heavy atom. The highest BCUT2D eigenvalue weighted by molar-refractivity contribution is 5.25. The number of nitrogens with one attached hydrogen (secondary N) is 1. The Labute approximate surface area is 85.1 Å². The molecule has 1 N–H and O–H groups in total. The molecule has 14 heavy (non-hydrogen) atoms. The van der Waals surface area contributed by atoms with Crippen LogP contribution in [-0.2, 0) is 0 Å². The van der Waals surface area contributed by atoms with Gasteiger partial charge in [-0.25, -0.2) is 0 Å². The molecule has 1 saturated heterocycles. The van der Waals surface area contributed by atoms with Gasteiger partial charge in [0.15, 0.2) is 5.88 Å². The molecule has 3 nitrogen and oxygen atoms in total. The van der Waals surface area contributed by atoms with Gasteiger partial charge in [0.2, 0.25) is 0 Å². The highest BCUT2D eigenvalue weighted by Gasteiger charge is 2.19. The Balaban J connectivity index is 2.01. The van der Waals surface area contributed by atoms with Crippen molar-refractivity contribution in [1.82, 2.24) is 9.88 Å². The third-order valence-electron chi connectivity index (χ3n) is 3.09. The van der Waals surface area contributed by atoms with Gasteiger partial charge < -0.3 is 14.6 Å². The molecule has 0 spiro atoms. The van der Waals surface area contributed by atoms with Crippen LogP contribution in [0.4, 0.5) is 0 Å². The fraction of sp³-hybridized carbons (Fsp3) is 0.636. The molecule has 1 aromatic heterocycles. The van der Waals surface area contributed by atoms with E-state index < -0.39 is 0 Å². The lowest BCUT2D eigenvalue weighted by atomic mass is 9.91. The molecule has 2 heterocycles. The van der Waals surface area contributed by atoms with Crippen molar-refractivity contribution < 1.29 is 4.74 Å². The van der Waals surface area contributed by atoms with Gasteiger partial charge in [-0.15, -0.1) is 0 Å². The van der Waals surface area contributed by atoms with E-state index in [9.17, 15) is 0 Å². The number of hydrogen-bond acceptors (Lipinski definition) is 2. The molecule has 1 fully saturated rings. The molecule has 0 amide bonds.